The molecule has 9 heteroatoms. The minimum absolute atomic E-state index is 0.105. The van der Waals surface area contributed by atoms with Crippen molar-refractivity contribution < 1.29 is 17.7 Å². The molecule has 0 spiro atoms. The van der Waals surface area contributed by atoms with E-state index in [0.29, 0.717) is 24.7 Å². The first-order chi connectivity index (χ1) is 11.4. The summed E-state index contributed by atoms with van der Waals surface area (Å²) in [5.74, 6) is 1.10. The number of aromatic nitrogens is 3. The van der Waals surface area contributed by atoms with Gasteiger partial charge >= 0.3 is 0 Å². The van der Waals surface area contributed by atoms with Crippen LogP contribution in [0.5, 0.6) is 0 Å². The number of hydrogen-bond donors (Lipinski definition) is 1. The maximum atomic E-state index is 12.9. The summed E-state index contributed by atoms with van der Waals surface area (Å²) in [5.41, 5.74) is 0.352. The molecule has 2 aromatic rings. The summed E-state index contributed by atoms with van der Waals surface area (Å²) in [6.45, 7) is 4.46. The van der Waals surface area contributed by atoms with Crippen LogP contribution < -0.4 is 4.72 Å². The van der Waals surface area contributed by atoms with Gasteiger partial charge in [-0.2, -0.15) is 0 Å². The molecular weight excluding hydrogens is 332 g/mol. The second-order valence-corrected chi connectivity index (χ2v) is 7.75. The average molecular weight is 354 g/mol. The summed E-state index contributed by atoms with van der Waals surface area (Å²) in [6, 6.07) is -0.424. The molecule has 1 aliphatic rings. The molecular formula is C15H22N4O4S. The van der Waals surface area contributed by atoms with E-state index in [9.17, 15) is 8.42 Å². The Morgan fingerprint density at radius 1 is 1.33 bits per heavy atom. The highest BCUT2D eigenvalue weighted by Gasteiger charge is 2.34. The minimum Gasteiger partial charge on any atom is -0.381 e. The Labute approximate surface area is 141 Å². The molecule has 2 aromatic heterocycles. The molecule has 0 unspecified atom stereocenters. The van der Waals surface area contributed by atoms with Crippen molar-refractivity contribution in [3.05, 3.63) is 29.7 Å². The molecule has 8 nitrogen and oxygen atoms in total. The van der Waals surface area contributed by atoms with Gasteiger partial charge in [-0.1, -0.05) is 5.16 Å². The standard InChI is InChI=1S/C15H22N4O4S/c1-10-14(11(2)23-17-10)24(20,21)18-13(12-4-8-22-9-5-12)15-16-6-7-19(15)3/h6-7,12-13,18H,4-5,8-9H2,1-3H3/t13-/m0/s1. The van der Waals surface area contributed by atoms with Crippen molar-refractivity contribution >= 4 is 10.0 Å². The SMILES string of the molecule is Cc1noc(C)c1S(=O)(=O)N[C@H](c1nccn1C)C1CCOCC1. The van der Waals surface area contributed by atoms with E-state index >= 15 is 0 Å². The van der Waals surface area contributed by atoms with Crippen LogP contribution in [0.25, 0.3) is 0 Å². The van der Waals surface area contributed by atoms with E-state index in [4.69, 9.17) is 9.26 Å². The molecule has 0 radical (unpaired) electrons. The van der Waals surface area contributed by atoms with Crippen LogP contribution in [0.15, 0.2) is 21.8 Å². The fraction of sp³-hybridized carbons (Fsp3) is 0.600. The summed E-state index contributed by atoms with van der Waals surface area (Å²) in [5, 5.41) is 3.75. The highest BCUT2D eigenvalue weighted by Crippen LogP contribution is 2.31. The van der Waals surface area contributed by atoms with Crippen molar-refractivity contribution in [1.82, 2.24) is 19.4 Å². The van der Waals surface area contributed by atoms with Gasteiger partial charge in [-0.3, -0.25) is 0 Å². The maximum Gasteiger partial charge on any atom is 0.246 e. The summed E-state index contributed by atoms with van der Waals surface area (Å²) in [6.07, 6.45) is 5.04. The first-order valence-electron chi connectivity index (χ1n) is 7.90. The third kappa shape index (κ3) is 3.24. The van der Waals surface area contributed by atoms with Gasteiger partial charge in [0, 0.05) is 32.7 Å². The molecule has 0 saturated carbocycles. The van der Waals surface area contributed by atoms with E-state index in [1.165, 1.54) is 0 Å². The molecule has 0 amide bonds. The third-order valence-electron chi connectivity index (χ3n) is 4.39. The predicted molar refractivity (Wildman–Crippen MR) is 85.8 cm³/mol. The smallest absolute Gasteiger partial charge is 0.246 e. The molecule has 3 heterocycles. The van der Waals surface area contributed by atoms with Crippen molar-refractivity contribution in [1.29, 1.82) is 0 Å². The van der Waals surface area contributed by atoms with Gasteiger partial charge in [0.15, 0.2) is 5.76 Å². The Morgan fingerprint density at radius 3 is 2.58 bits per heavy atom. The number of aryl methyl sites for hydroxylation is 3. The Kier molecular flexibility index (Phi) is 4.75. The van der Waals surface area contributed by atoms with Gasteiger partial charge < -0.3 is 13.8 Å². The second kappa shape index (κ2) is 6.66. The Hall–Kier alpha value is -1.71. The Morgan fingerprint density at radius 2 is 2.04 bits per heavy atom. The molecule has 0 aliphatic carbocycles. The fourth-order valence-electron chi connectivity index (χ4n) is 3.17. The van der Waals surface area contributed by atoms with E-state index < -0.39 is 16.1 Å². The summed E-state index contributed by atoms with van der Waals surface area (Å²) >= 11 is 0. The highest BCUT2D eigenvalue weighted by atomic mass is 32.2. The monoisotopic (exact) mass is 354 g/mol. The predicted octanol–water partition coefficient (Wildman–Crippen LogP) is 1.47. The number of sulfonamides is 1. The summed E-state index contributed by atoms with van der Waals surface area (Å²) in [7, 11) is -1.91. The Bertz CT molecular complexity index is 786. The number of hydrogen-bond acceptors (Lipinski definition) is 6. The van der Waals surface area contributed by atoms with E-state index in [2.05, 4.69) is 14.9 Å². The molecule has 132 valence electrons. The lowest BCUT2D eigenvalue weighted by molar-refractivity contribution is 0.0551. The lowest BCUT2D eigenvalue weighted by Crippen LogP contribution is -2.37. The number of nitrogens with one attached hydrogen (secondary N) is 1. The molecule has 1 saturated heterocycles. The first kappa shape index (κ1) is 17.1. The molecule has 0 aromatic carbocycles. The van der Waals surface area contributed by atoms with Gasteiger partial charge in [0.2, 0.25) is 10.0 Å². The zero-order valence-electron chi connectivity index (χ0n) is 14.0. The quantitative estimate of drug-likeness (QED) is 0.873. The third-order valence-corrected chi connectivity index (χ3v) is 6.08. The van der Waals surface area contributed by atoms with Gasteiger partial charge in [-0.05, 0) is 32.6 Å². The van der Waals surface area contributed by atoms with E-state index in [0.717, 1.165) is 12.8 Å². The Balaban J connectivity index is 1.96. The lowest BCUT2D eigenvalue weighted by atomic mass is 9.92. The average Bonchev–Trinajstić information content (AvgIpc) is 3.12. The van der Waals surface area contributed by atoms with Crippen LogP contribution in [-0.2, 0) is 21.8 Å². The topological polar surface area (TPSA) is 99.3 Å². The number of ether oxygens (including phenoxy) is 1. The van der Waals surface area contributed by atoms with Gasteiger partial charge in [-0.15, -0.1) is 0 Å². The largest absolute Gasteiger partial charge is 0.381 e. The highest BCUT2D eigenvalue weighted by molar-refractivity contribution is 7.89. The van der Waals surface area contributed by atoms with Gasteiger partial charge in [0.25, 0.3) is 0 Å². The van der Waals surface area contributed by atoms with Gasteiger partial charge in [-0.25, -0.2) is 18.1 Å². The van der Waals surface area contributed by atoms with Crippen LogP contribution in [-0.4, -0.2) is 36.3 Å². The molecule has 24 heavy (non-hydrogen) atoms. The van der Waals surface area contributed by atoms with E-state index in [1.54, 1.807) is 20.0 Å². The van der Waals surface area contributed by atoms with Crippen LogP contribution in [0.4, 0.5) is 0 Å². The van der Waals surface area contributed by atoms with Crippen molar-refractivity contribution in [3.63, 3.8) is 0 Å². The van der Waals surface area contributed by atoms with E-state index in [-0.39, 0.29) is 16.6 Å². The first-order valence-corrected chi connectivity index (χ1v) is 9.38. The van der Waals surface area contributed by atoms with Crippen molar-refractivity contribution in [2.24, 2.45) is 13.0 Å². The number of rotatable bonds is 5. The molecule has 1 aliphatic heterocycles. The van der Waals surface area contributed by atoms with Crippen LogP contribution in [0.1, 0.15) is 36.2 Å². The molecule has 1 fully saturated rings. The van der Waals surface area contributed by atoms with Gasteiger partial charge in [0.1, 0.15) is 16.4 Å². The normalized spacial score (nSPS) is 18.0. The fourth-order valence-corrected chi connectivity index (χ4v) is 4.76. The van der Waals surface area contributed by atoms with Crippen LogP contribution in [0.3, 0.4) is 0 Å². The molecule has 3 rings (SSSR count). The van der Waals surface area contributed by atoms with Crippen LogP contribution in [0.2, 0.25) is 0 Å². The summed E-state index contributed by atoms with van der Waals surface area (Å²) < 4.78 is 40.9. The van der Waals surface area contributed by atoms with Crippen LogP contribution in [0, 0.1) is 19.8 Å². The second-order valence-electron chi connectivity index (χ2n) is 6.10. The van der Waals surface area contributed by atoms with E-state index in [1.807, 2.05) is 17.8 Å². The number of nitrogens with zero attached hydrogens (tertiary/aromatic N) is 3. The number of imidazole rings is 1. The summed E-state index contributed by atoms with van der Waals surface area (Å²) in [4.78, 5) is 4.46. The van der Waals surface area contributed by atoms with Crippen molar-refractivity contribution in [2.75, 3.05) is 13.2 Å². The molecule has 1 N–H and O–H groups in total. The molecule has 1 atom stereocenters. The van der Waals surface area contributed by atoms with Crippen molar-refractivity contribution in [3.8, 4) is 0 Å². The zero-order chi connectivity index (χ0) is 17.3. The maximum absolute atomic E-state index is 12.9. The van der Waals surface area contributed by atoms with Gasteiger partial charge in [0.05, 0.1) is 6.04 Å². The van der Waals surface area contributed by atoms with Crippen LogP contribution >= 0.6 is 0 Å². The van der Waals surface area contributed by atoms with Crippen molar-refractivity contribution in [2.45, 2.75) is 37.6 Å². The lowest BCUT2D eigenvalue weighted by Gasteiger charge is -2.30. The minimum atomic E-state index is -3.77. The molecule has 0 bridgehead atoms. The zero-order valence-corrected chi connectivity index (χ0v) is 14.8.